The van der Waals surface area contributed by atoms with Gasteiger partial charge in [-0.25, -0.2) is 9.37 Å². The van der Waals surface area contributed by atoms with Gasteiger partial charge in [0.05, 0.1) is 17.4 Å². The lowest BCUT2D eigenvalue weighted by atomic mass is 10.1. The van der Waals surface area contributed by atoms with Crippen LogP contribution in [0.4, 0.5) is 4.39 Å². The number of benzene rings is 1. The van der Waals surface area contributed by atoms with E-state index in [1.165, 1.54) is 12.1 Å². The first-order valence-corrected chi connectivity index (χ1v) is 10.2. The summed E-state index contributed by atoms with van der Waals surface area (Å²) in [5, 5.41) is 0. The molecule has 3 aromatic heterocycles. The highest BCUT2D eigenvalue weighted by Crippen LogP contribution is 2.27. The highest BCUT2D eigenvalue weighted by molar-refractivity contribution is 5.63. The van der Waals surface area contributed by atoms with Gasteiger partial charge < -0.3 is 0 Å². The summed E-state index contributed by atoms with van der Waals surface area (Å²) >= 11 is 0. The second-order valence-corrected chi connectivity index (χ2v) is 7.90. The summed E-state index contributed by atoms with van der Waals surface area (Å²) in [6.45, 7) is 3.67. The standard InChI is InChI=1S/C24H24FN5/c1-28-13-14-29(15-18-5-7-20(25)8-6-18)17-23(28)21-16-30-22(3-2-4-24(30)27-21)19-9-11-26-12-10-19/h2-12,16,23H,13-15,17H2,1H3. The maximum atomic E-state index is 13.2. The largest absolute Gasteiger partial charge is 0.299 e. The lowest BCUT2D eigenvalue weighted by Gasteiger charge is -2.38. The predicted octanol–water partition coefficient (Wildman–Crippen LogP) is 4.02. The average molecular weight is 401 g/mol. The molecule has 5 rings (SSSR count). The van der Waals surface area contributed by atoms with Crippen molar-refractivity contribution in [2.75, 3.05) is 26.7 Å². The Balaban J connectivity index is 1.43. The number of fused-ring (bicyclic) bond motifs is 1. The van der Waals surface area contributed by atoms with Crippen LogP contribution in [0.2, 0.25) is 0 Å². The molecule has 1 saturated heterocycles. The normalized spacial score (nSPS) is 18.1. The van der Waals surface area contributed by atoms with E-state index in [0.717, 1.165) is 54.3 Å². The highest BCUT2D eigenvalue weighted by Gasteiger charge is 2.28. The van der Waals surface area contributed by atoms with Gasteiger partial charge in [-0.05, 0) is 49.0 Å². The molecule has 1 aliphatic heterocycles. The van der Waals surface area contributed by atoms with E-state index in [1.54, 1.807) is 0 Å². The number of hydrogen-bond acceptors (Lipinski definition) is 4. The Morgan fingerprint density at radius 2 is 1.80 bits per heavy atom. The van der Waals surface area contributed by atoms with Crippen LogP contribution in [0.5, 0.6) is 0 Å². The molecular formula is C24H24FN5. The third-order valence-corrected chi connectivity index (χ3v) is 5.88. The maximum Gasteiger partial charge on any atom is 0.137 e. The van der Waals surface area contributed by atoms with Gasteiger partial charge in [-0.15, -0.1) is 0 Å². The molecule has 30 heavy (non-hydrogen) atoms. The highest BCUT2D eigenvalue weighted by atomic mass is 19.1. The molecule has 1 aliphatic rings. The molecule has 1 fully saturated rings. The van der Waals surface area contributed by atoms with Crippen molar-refractivity contribution in [3.63, 3.8) is 0 Å². The lowest BCUT2D eigenvalue weighted by Crippen LogP contribution is -2.46. The van der Waals surface area contributed by atoms with Crippen LogP contribution in [0.1, 0.15) is 17.3 Å². The first-order valence-electron chi connectivity index (χ1n) is 10.2. The fourth-order valence-electron chi connectivity index (χ4n) is 4.19. The molecule has 5 nitrogen and oxygen atoms in total. The second-order valence-electron chi connectivity index (χ2n) is 7.90. The number of piperazine rings is 1. The summed E-state index contributed by atoms with van der Waals surface area (Å²) in [7, 11) is 2.16. The topological polar surface area (TPSA) is 36.7 Å². The molecule has 0 bridgehead atoms. The van der Waals surface area contributed by atoms with E-state index in [4.69, 9.17) is 4.98 Å². The van der Waals surface area contributed by atoms with Crippen molar-refractivity contribution in [1.29, 1.82) is 0 Å². The summed E-state index contributed by atoms with van der Waals surface area (Å²) < 4.78 is 15.4. The van der Waals surface area contributed by atoms with Gasteiger partial charge in [0.2, 0.25) is 0 Å². The zero-order valence-electron chi connectivity index (χ0n) is 16.9. The van der Waals surface area contributed by atoms with E-state index in [2.05, 4.69) is 38.5 Å². The van der Waals surface area contributed by atoms with Gasteiger partial charge in [-0.1, -0.05) is 18.2 Å². The van der Waals surface area contributed by atoms with Gasteiger partial charge >= 0.3 is 0 Å². The monoisotopic (exact) mass is 401 g/mol. The minimum atomic E-state index is -0.190. The fraction of sp³-hybridized carbons (Fsp3) is 0.250. The van der Waals surface area contributed by atoms with E-state index in [9.17, 15) is 4.39 Å². The molecule has 152 valence electrons. The number of hydrogen-bond donors (Lipinski definition) is 0. The molecule has 0 spiro atoms. The zero-order valence-corrected chi connectivity index (χ0v) is 16.9. The smallest absolute Gasteiger partial charge is 0.137 e. The Labute approximate surface area is 175 Å². The first-order chi connectivity index (χ1) is 14.7. The fourth-order valence-corrected chi connectivity index (χ4v) is 4.19. The van der Waals surface area contributed by atoms with Gasteiger partial charge in [-0.2, -0.15) is 0 Å². The van der Waals surface area contributed by atoms with Crippen LogP contribution in [0.3, 0.4) is 0 Å². The number of aromatic nitrogens is 3. The third-order valence-electron chi connectivity index (χ3n) is 5.88. The van der Waals surface area contributed by atoms with E-state index in [-0.39, 0.29) is 11.9 Å². The average Bonchev–Trinajstić information content (AvgIpc) is 3.21. The molecule has 1 aromatic carbocycles. The van der Waals surface area contributed by atoms with Crippen molar-refractivity contribution in [2.45, 2.75) is 12.6 Å². The Hall–Kier alpha value is -3.09. The molecule has 4 aromatic rings. The van der Waals surface area contributed by atoms with Crippen molar-refractivity contribution >= 4 is 5.65 Å². The Kier molecular flexibility index (Phi) is 5.02. The van der Waals surface area contributed by atoms with E-state index >= 15 is 0 Å². The van der Waals surface area contributed by atoms with Gasteiger partial charge in [0.1, 0.15) is 11.5 Å². The Morgan fingerprint density at radius 3 is 2.60 bits per heavy atom. The lowest BCUT2D eigenvalue weighted by molar-refractivity contribution is 0.0885. The van der Waals surface area contributed by atoms with Gasteiger partial charge in [-0.3, -0.25) is 19.2 Å². The van der Waals surface area contributed by atoms with Crippen LogP contribution in [0.25, 0.3) is 16.9 Å². The molecule has 0 N–H and O–H groups in total. The molecule has 0 radical (unpaired) electrons. The SMILES string of the molecule is CN1CCN(Cc2ccc(F)cc2)CC1c1cn2c(-c3ccncc3)cccc2n1. The molecule has 0 saturated carbocycles. The molecule has 4 heterocycles. The summed E-state index contributed by atoms with van der Waals surface area (Å²) in [6, 6.07) is 17.3. The number of likely N-dealkylation sites (N-methyl/N-ethyl adjacent to an activating group) is 1. The summed E-state index contributed by atoms with van der Waals surface area (Å²) in [5.41, 5.74) is 5.38. The van der Waals surface area contributed by atoms with Crippen LogP contribution < -0.4 is 0 Å². The van der Waals surface area contributed by atoms with Crippen molar-refractivity contribution in [3.05, 3.63) is 90.3 Å². The Morgan fingerprint density at radius 1 is 1.00 bits per heavy atom. The number of pyridine rings is 2. The van der Waals surface area contributed by atoms with Crippen molar-refractivity contribution in [1.82, 2.24) is 24.2 Å². The number of nitrogens with zero attached hydrogens (tertiary/aromatic N) is 5. The van der Waals surface area contributed by atoms with Crippen LogP contribution in [-0.4, -0.2) is 50.9 Å². The summed E-state index contributed by atoms with van der Waals surface area (Å²) in [5.74, 6) is -0.190. The first kappa shape index (κ1) is 18.9. The van der Waals surface area contributed by atoms with Crippen molar-refractivity contribution < 1.29 is 4.39 Å². The minimum Gasteiger partial charge on any atom is -0.299 e. The minimum absolute atomic E-state index is 0.190. The maximum absolute atomic E-state index is 13.2. The molecule has 0 amide bonds. The molecule has 0 aliphatic carbocycles. The second kappa shape index (κ2) is 7.97. The summed E-state index contributed by atoms with van der Waals surface area (Å²) in [6.07, 6.45) is 5.79. The molecule has 1 atom stereocenters. The quantitative estimate of drug-likeness (QED) is 0.518. The third kappa shape index (κ3) is 3.72. The van der Waals surface area contributed by atoms with Crippen LogP contribution in [0, 0.1) is 5.82 Å². The summed E-state index contributed by atoms with van der Waals surface area (Å²) in [4.78, 5) is 13.9. The van der Waals surface area contributed by atoms with Crippen LogP contribution in [0.15, 0.2) is 73.2 Å². The number of imidazole rings is 1. The Bertz CT molecular complexity index is 1140. The van der Waals surface area contributed by atoms with Gasteiger partial charge in [0.25, 0.3) is 0 Å². The molecule has 1 unspecified atom stereocenters. The number of rotatable bonds is 4. The predicted molar refractivity (Wildman–Crippen MR) is 115 cm³/mol. The van der Waals surface area contributed by atoms with Gasteiger partial charge in [0, 0.05) is 50.3 Å². The van der Waals surface area contributed by atoms with Crippen LogP contribution in [-0.2, 0) is 6.54 Å². The van der Waals surface area contributed by atoms with Crippen molar-refractivity contribution in [3.8, 4) is 11.3 Å². The molecule has 6 heteroatoms. The van der Waals surface area contributed by atoms with Crippen molar-refractivity contribution in [2.24, 2.45) is 0 Å². The molecular weight excluding hydrogens is 377 g/mol. The van der Waals surface area contributed by atoms with E-state index in [1.807, 2.05) is 48.8 Å². The zero-order chi connectivity index (χ0) is 20.5. The van der Waals surface area contributed by atoms with E-state index < -0.39 is 0 Å². The van der Waals surface area contributed by atoms with E-state index in [0.29, 0.717) is 0 Å². The van der Waals surface area contributed by atoms with Gasteiger partial charge in [0.15, 0.2) is 0 Å². The van der Waals surface area contributed by atoms with Crippen LogP contribution >= 0.6 is 0 Å². The number of halogens is 1.